The molecule has 1 aliphatic carbocycles. The quantitative estimate of drug-likeness (QED) is 0.780. The van der Waals surface area contributed by atoms with E-state index in [9.17, 15) is 0 Å². The van der Waals surface area contributed by atoms with Gasteiger partial charge in [-0.3, -0.25) is 0 Å². The first-order valence-corrected chi connectivity index (χ1v) is 5.40. The van der Waals surface area contributed by atoms with Crippen molar-refractivity contribution in [1.29, 1.82) is 0 Å². The minimum absolute atomic E-state index is 0.627. The van der Waals surface area contributed by atoms with Crippen molar-refractivity contribution in [1.82, 2.24) is 10.3 Å². The number of hydrogen-bond donors (Lipinski definition) is 1. The van der Waals surface area contributed by atoms with Crippen molar-refractivity contribution in [3.63, 3.8) is 0 Å². The molecular weight excluding hydrogens is 176 g/mol. The molecule has 3 heteroatoms. The van der Waals surface area contributed by atoms with E-state index in [4.69, 9.17) is 4.42 Å². The summed E-state index contributed by atoms with van der Waals surface area (Å²) in [5.74, 6) is 1.68. The molecular formula is C11H18N2O. The summed E-state index contributed by atoms with van der Waals surface area (Å²) in [5.41, 5.74) is 1.09. The largest absolute Gasteiger partial charge is 0.448 e. The summed E-state index contributed by atoms with van der Waals surface area (Å²) < 4.78 is 5.38. The van der Waals surface area contributed by atoms with Crippen LogP contribution in [-0.2, 0) is 13.0 Å². The van der Waals surface area contributed by atoms with Crippen molar-refractivity contribution in [2.24, 2.45) is 5.92 Å². The predicted octanol–water partition coefficient (Wildman–Crippen LogP) is 2.13. The van der Waals surface area contributed by atoms with Crippen LogP contribution in [0.4, 0.5) is 0 Å². The SMILES string of the molecule is CC(C)Cc1ocnc1CNC1CC1. The lowest BCUT2D eigenvalue weighted by Crippen LogP contribution is -2.16. The van der Waals surface area contributed by atoms with Gasteiger partial charge in [0.15, 0.2) is 6.39 Å². The monoisotopic (exact) mass is 194 g/mol. The zero-order chi connectivity index (χ0) is 9.97. The van der Waals surface area contributed by atoms with Crippen LogP contribution in [0.2, 0.25) is 0 Å². The fourth-order valence-electron chi connectivity index (χ4n) is 1.50. The van der Waals surface area contributed by atoms with Crippen molar-refractivity contribution >= 4 is 0 Å². The number of oxazole rings is 1. The van der Waals surface area contributed by atoms with E-state index in [0.717, 1.165) is 30.5 Å². The third-order valence-corrected chi connectivity index (χ3v) is 2.45. The second-order valence-corrected chi connectivity index (χ2v) is 4.48. The fraction of sp³-hybridized carbons (Fsp3) is 0.727. The number of aromatic nitrogens is 1. The van der Waals surface area contributed by atoms with E-state index >= 15 is 0 Å². The highest BCUT2D eigenvalue weighted by molar-refractivity contribution is 5.08. The van der Waals surface area contributed by atoms with E-state index in [0.29, 0.717) is 5.92 Å². The molecule has 0 radical (unpaired) electrons. The second-order valence-electron chi connectivity index (χ2n) is 4.48. The molecule has 1 N–H and O–H groups in total. The van der Waals surface area contributed by atoms with Crippen LogP contribution in [-0.4, -0.2) is 11.0 Å². The predicted molar refractivity (Wildman–Crippen MR) is 54.9 cm³/mol. The van der Waals surface area contributed by atoms with Gasteiger partial charge in [0.2, 0.25) is 0 Å². The van der Waals surface area contributed by atoms with Crippen LogP contribution >= 0.6 is 0 Å². The standard InChI is InChI=1S/C11H18N2O/c1-8(2)5-11-10(13-7-14-11)6-12-9-3-4-9/h7-9,12H,3-6H2,1-2H3. The Morgan fingerprint density at radius 2 is 2.36 bits per heavy atom. The maximum atomic E-state index is 5.38. The Morgan fingerprint density at radius 3 is 3.00 bits per heavy atom. The molecule has 3 nitrogen and oxygen atoms in total. The van der Waals surface area contributed by atoms with Crippen LogP contribution in [0, 0.1) is 5.92 Å². The maximum Gasteiger partial charge on any atom is 0.181 e. The lowest BCUT2D eigenvalue weighted by molar-refractivity contribution is 0.463. The summed E-state index contributed by atoms with van der Waals surface area (Å²) in [5, 5.41) is 3.45. The average Bonchev–Trinajstić information content (AvgIpc) is 2.85. The Balaban J connectivity index is 1.90. The molecule has 0 aromatic carbocycles. The summed E-state index contributed by atoms with van der Waals surface area (Å²) in [6, 6.07) is 0.735. The molecule has 1 aliphatic rings. The van der Waals surface area contributed by atoms with Gasteiger partial charge in [-0.15, -0.1) is 0 Å². The van der Waals surface area contributed by atoms with Crippen molar-refractivity contribution < 1.29 is 4.42 Å². The van der Waals surface area contributed by atoms with Gasteiger partial charge in [-0.05, 0) is 18.8 Å². The Labute approximate surface area is 84.9 Å². The molecule has 1 aromatic rings. The number of nitrogens with zero attached hydrogens (tertiary/aromatic N) is 1. The molecule has 0 unspecified atom stereocenters. The highest BCUT2D eigenvalue weighted by Gasteiger charge is 2.21. The zero-order valence-electron chi connectivity index (χ0n) is 8.92. The van der Waals surface area contributed by atoms with Gasteiger partial charge in [-0.2, -0.15) is 0 Å². The van der Waals surface area contributed by atoms with Crippen LogP contribution in [0.25, 0.3) is 0 Å². The first kappa shape index (κ1) is 9.71. The molecule has 0 spiro atoms. The summed E-state index contributed by atoms with van der Waals surface area (Å²) in [6.07, 6.45) is 5.18. The smallest absolute Gasteiger partial charge is 0.181 e. The van der Waals surface area contributed by atoms with Crippen molar-refractivity contribution in [2.75, 3.05) is 0 Å². The van der Waals surface area contributed by atoms with Crippen LogP contribution in [0.1, 0.15) is 38.1 Å². The third-order valence-electron chi connectivity index (χ3n) is 2.45. The highest BCUT2D eigenvalue weighted by Crippen LogP contribution is 2.20. The van der Waals surface area contributed by atoms with Crippen LogP contribution in [0.15, 0.2) is 10.8 Å². The molecule has 1 aromatic heterocycles. The number of nitrogens with one attached hydrogen (secondary N) is 1. The van der Waals surface area contributed by atoms with Crippen molar-refractivity contribution in [3.8, 4) is 0 Å². The summed E-state index contributed by atoms with van der Waals surface area (Å²) >= 11 is 0. The van der Waals surface area contributed by atoms with E-state index in [1.54, 1.807) is 6.39 Å². The van der Waals surface area contributed by atoms with Crippen LogP contribution in [0.3, 0.4) is 0 Å². The van der Waals surface area contributed by atoms with E-state index in [1.165, 1.54) is 12.8 Å². The van der Waals surface area contributed by atoms with Gasteiger partial charge in [0.05, 0.1) is 5.69 Å². The van der Waals surface area contributed by atoms with Crippen molar-refractivity contribution in [2.45, 2.75) is 45.7 Å². The Kier molecular flexibility index (Phi) is 2.87. The first-order chi connectivity index (χ1) is 6.75. The van der Waals surface area contributed by atoms with Gasteiger partial charge >= 0.3 is 0 Å². The minimum Gasteiger partial charge on any atom is -0.448 e. The first-order valence-electron chi connectivity index (χ1n) is 5.40. The molecule has 0 bridgehead atoms. The van der Waals surface area contributed by atoms with Crippen molar-refractivity contribution in [3.05, 3.63) is 17.8 Å². The third kappa shape index (κ3) is 2.58. The second kappa shape index (κ2) is 4.13. The molecule has 1 fully saturated rings. The molecule has 0 aliphatic heterocycles. The normalized spacial score (nSPS) is 16.5. The van der Waals surface area contributed by atoms with Gasteiger partial charge < -0.3 is 9.73 Å². The lowest BCUT2D eigenvalue weighted by atomic mass is 10.1. The highest BCUT2D eigenvalue weighted by atomic mass is 16.3. The lowest BCUT2D eigenvalue weighted by Gasteiger charge is -2.04. The molecule has 1 saturated carbocycles. The van der Waals surface area contributed by atoms with Gasteiger partial charge in [0.25, 0.3) is 0 Å². The van der Waals surface area contributed by atoms with Gasteiger partial charge in [-0.25, -0.2) is 4.98 Å². The Bertz CT molecular complexity index is 289. The molecule has 14 heavy (non-hydrogen) atoms. The van der Waals surface area contributed by atoms with E-state index < -0.39 is 0 Å². The Morgan fingerprint density at radius 1 is 1.57 bits per heavy atom. The fourth-order valence-corrected chi connectivity index (χ4v) is 1.50. The molecule has 2 rings (SSSR count). The maximum absolute atomic E-state index is 5.38. The average molecular weight is 194 g/mol. The van der Waals surface area contributed by atoms with E-state index in [2.05, 4.69) is 24.1 Å². The van der Waals surface area contributed by atoms with E-state index in [-0.39, 0.29) is 0 Å². The zero-order valence-corrected chi connectivity index (χ0v) is 8.92. The van der Waals surface area contributed by atoms with E-state index in [1.807, 2.05) is 0 Å². The molecule has 1 heterocycles. The minimum atomic E-state index is 0.627. The molecule has 78 valence electrons. The topological polar surface area (TPSA) is 38.1 Å². The number of hydrogen-bond acceptors (Lipinski definition) is 3. The van der Waals surface area contributed by atoms with Gasteiger partial charge in [0.1, 0.15) is 5.76 Å². The number of rotatable bonds is 5. The molecule has 0 amide bonds. The van der Waals surface area contributed by atoms with Gasteiger partial charge in [-0.1, -0.05) is 13.8 Å². The van der Waals surface area contributed by atoms with Gasteiger partial charge in [0, 0.05) is 19.0 Å². The molecule has 0 atom stereocenters. The molecule has 0 saturated heterocycles. The summed E-state index contributed by atoms with van der Waals surface area (Å²) in [7, 11) is 0. The Hall–Kier alpha value is -0.830. The van der Waals surface area contributed by atoms with Crippen LogP contribution in [0.5, 0.6) is 0 Å². The van der Waals surface area contributed by atoms with Crippen LogP contribution < -0.4 is 5.32 Å². The summed E-state index contributed by atoms with van der Waals surface area (Å²) in [6.45, 7) is 5.25. The summed E-state index contributed by atoms with van der Waals surface area (Å²) in [4.78, 5) is 4.24.